The summed E-state index contributed by atoms with van der Waals surface area (Å²) in [5.41, 5.74) is 16.5. The summed E-state index contributed by atoms with van der Waals surface area (Å²) in [7, 11) is 0. The molecule has 2 nitrogen and oxygen atoms in total. The molecule has 5 unspecified atom stereocenters. The smallest absolute Gasteiger partial charge is 0.127 e. The lowest BCUT2D eigenvalue weighted by Crippen LogP contribution is -2.41. The van der Waals surface area contributed by atoms with Gasteiger partial charge in [-0.1, -0.05) is 133 Å². The molecule has 0 N–H and O–H groups in total. The number of allylic oxidation sites excluding steroid dienone is 19. The molecule has 2 aromatic rings. The van der Waals surface area contributed by atoms with Crippen LogP contribution in [-0.4, -0.2) is 6.10 Å². The average molecular weight is 812 g/mol. The molecule has 12 rings (SSSR count). The van der Waals surface area contributed by atoms with E-state index in [9.17, 15) is 0 Å². The van der Waals surface area contributed by atoms with E-state index in [1.54, 1.807) is 22.3 Å². The van der Waals surface area contributed by atoms with Crippen molar-refractivity contribution in [2.45, 2.75) is 108 Å². The largest absolute Gasteiger partial charge is 0.485 e. The maximum atomic E-state index is 6.81. The molecule has 0 aromatic heterocycles. The van der Waals surface area contributed by atoms with Gasteiger partial charge in [-0.05, 0) is 177 Å². The van der Waals surface area contributed by atoms with Gasteiger partial charge in [-0.2, -0.15) is 0 Å². The van der Waals surface area contributed by atoms with Crippen LogP contribution in [0.2, 0.25) is 0 Å². The monoisotopic (exact) mass is 811 g/mol. The van der Waals surface area contributed by atoms with Gasteiger partial charge in [0.1, 0.15) is 11.9 Å². The van der Waals surface area contributed by atoms with Crippen LogP contribution in [-0.2, 0) is 4.74 Å². The molecule has 1 heterocycles. The van der Waals surface area contributed by atoms with E-state index >= 15 is 0 Å². The van der Waals surface area contributed by atoms with E-state index in [1.807, 2.05) is 0 Å². The summed E-state index contributed by atoms with van der Waals surface area (Å²) >= 11 is 0. The van der Waals surface area contributed by atoms with E-state index in [1.165, 1.54) is 107 Å². The SMILES string of the molecule is C1=CCCC([C@@H]2CCC3=C(C2)C(c2ccc(N(C4=CC[C@@H](C5=CC6C7=C(OC6C=C5)C(C5CC=CCC5)=CCC7)C=C4)C4=c5ccccc5=C5C=CCCC5C4)cc2)CC=C3)=C1. The Morgan fingerprint density at radius 3 is 2.39 bits per heavy atom. The van der Waals surface area contributed by atoms with Crippen LogP contribution in [0.1, 0.15) is 108 Å². The van der Waals surface area contributed by atoms with Crippen molar-refractivity contribution >= 4 is 17.0 Å². The van der Waals surface area contributed by atoms with Crippen LogP contribution in [0.5, 0.6) is 0 Å². The maximum absolute atomic E-state index is 6.81. The number of hydrogen-bond donors (Lipinski definition) is 0. The van der Waals surface area contributed by atoms with E-state index in [0.29, 0.717) is 35.5 Å². The van der Waals surface area contributed by atoms with Crippen molar-refractivity contribution < 1.29 is 4.74 Å². The molecule has 1 aliphatic heterocycles. The van der Waals surface area contributed by atoms with Crippen molar-refractivity contribution in [2.75, 3.05) is 4.90 Å². The summed E-state index contributed by atoms with van der Waals surface area (Å²) in [4.78, 5) is 2.65. The van der Waals surface area contributed by atoms with Crippen LogP contribution in [0.15, 0.2) is 191 Å². The van der Waals surface area contributed by atoms with E-state index in [0.717, 1.165) is 44.9 Å². The van der Waals surface area contributed by atoms with Gasteiger partial charge in [-0.3, -0.25) is 0 Å². The van der Waals surface area contributed by atoms with E-state index in [-0.39, 0.29) is 6.10 Å². The zero-order chi connectivity index (χ0) is 41.0. The molecule has 0 saturated heterocycles. The second kappa shape index (κ2) is 16.4. The zero-order valence-electron chi connectivity index (χ0n) is 36.4. The highest BCUT2D eigenvalue weighted by molar-refractivity contribution is 5.79. The quantitative estimate of drug-likeness (QED) is 0.258. The third-order valence-corrected chi connectivity index (χ3v) is 16.2. The Labute approximate surface area is 369 Å². The van der Waals surface area contributed by atoms with Gasteiger partial charge in [0.25, 0.3) is 0 Å². The van der Waals surface area contributed by atoms with Gasteiger partial charge in [0.05, 0.1) is 0 Å². The summed E-state index contributed by atoms with van der Waals surface area (Å²) in [6.45, 7) is 0. The Balaban J connectivity index is 0.861. The molecule has 0 saturated carbocycles. The van der Waals surface area contributed by atoms with E-state index in [2.05, 4.69) is 151 Å². The normalized spacial score (nSPS) is 30.7. The second-order valence-electron chi connectivity index (χ2n) is 19.6. The predicted molar refractivity (Wildman–Crippen MR) is 257 cm³/mol. The Hall–Kier alpha value is -5.34. The topological polar surface area (TPSA) is 12.5 Å². The molecule has 10 aliphatic rings. The molecular weight excluding hydrogens is 751 g/mol. The Bertz CT molecular complexity index is 2670. The summed E-state index contributed by atoms with van der Waals surface area (Å²) in [5.74, 6) is 4.28. The highest BCUT2D eigenvalue weighted by Crippen LogP contribution is 2.49. The van der Waals surface area contributed by atoms with Crippen LogP contribution < -0.4 is 15.3 Å². The molecule has 62 heavy (non-hydrogen) atoms. The molecule has 0 radical (unpaired) electrons. The Morgan fingerprint density at radius 2 is 1.53 bits per heavy atom. The lowest BCUT2D eigenvalue weighted by Gasteiger charge is -2.37. The van der Waals surface area contributed by atoms with Gasteiger partial charge in [0.2, 0.25) is 0 Å². The lowest BCUT2D eigenvalue weighted by atomic mass is 9.70. The number of ether oxygens (including phenoxy) is 1. The van der Waals surface area contributed by atoms with Crippen molar-refractivity contribution in [1.82, 2.24) is 0 Å². The van der Waals surface area contributed by atoms with Gasteiger partial charge in [0.15, 0.2) is 0 Å². The Morgan fingerprint density at radius 1 is 0.629 bits per heavy atom. The van der Waals surface area contributed by atoms with Gasteiger partial charge < -0.3 is 9.64 Å². The first-order chi connectivity index (χ1) is 30.7. The lowest BCUT2D eigenvalue weighted by molar-refractivity contribution is 0.165. The first kappa shape index (κ1) is 38.3. The summed E-state index contributed by atoms with van der Waals surface area (Å²) in [6.07, 6.45) is 56.5. The number of fused-ring (bicyclic) bond motifs is 4. The predicted octanol–water partition coefficient (Wildman–Crippen LogP) is 13.5. The summed E-state index contributed by atoms with van der Waals surface area (Å²) < 4.78 is 6.81. The molecule has 0 fully saturated rings. The van der Waals surface area contributed by atoms with Gasteiger partial charge in [0, 0.05) is 40.1 Å². The molecule has 7 atom stereocenters. The third kappa shape index (κ3) is 6.93. The molecule has 9 aliphatic carbocycles. The van der Waals surface area contributed by atoms with Gasteiger partial charge in [-0.15, -0.1) is 0 Å². The minimum Gasteiger partial charge on any atom is -0.485 e. The average Bonchev–Trinajstić information content (AvgIpc) is 3.73. The van der Waals surface area contributed by atoms with Gasteiger partial charge >= 0.3 is 0 Å². The number of rotatable bonds is 7. The van der Waals surface area contributed by atoms with Crippen molar-refractivity contribution in [3.63, 3.8) is 0 Å². The fourth-order valence-electron chi connectivity index (χ4n) is 13.0. The summed E-state index contributed by atoms with van der Waals surface area (Å²) in [6, 6.07) is 19.1. The summed E-state index contributed by atoms with van der Waals surface area (Å²) in [5, 5.41) is 2.80. The minimum absolute atomic E-state index is 0.138. The molecule has 0 bridgehead atoms. The molecule has 2 heteroatoms. The van der Waals surface area contributed by atoms with Crippen LogP contribution in [0, 0.1) is 29.6 Å². The molecule has 312 valence electrons. The van der Waals surface area contributed by atoms with Crippen LogP contribution in [0.3, 0.4) is 0 Å². The Kier molecular flexibility index (Phi) is 10.2. The molecule has 0 spiro atoms. The maximum Gasteiger partial charge on any atom is 0.127 e. The standard InChI is InChI=1S/C60H61NO/c1-3-13-40(14-4-1)45-26-25-43-18-11-22-50(56(43)37-45)44-29-34-49(35-30-44)61(58-39-47-17-7-8-19-51(47)53-20-9-10-21-54(53)58)48-32-27-41(28-33-48)46-31-36-59-57(38-46)55-24-12-23-52(60(55)62-59)42-15-5-2-6-16-42/h1-3,5,8-11,13,18-21,23,27,29-36,38,41-42,45,47,50,57,59H,4,6-7,12,14-17,22,24-26,28,37,39H2/t41-,42?,45+,47?,50?,57?,59?/m0/s1. The van der Waals surface area contributed by atoms with Gasteiger partial charge in [-0.25, -0.2) is 0 Å². The van der Waals surface area contributed by atoms with Crippen LogP contribution in [0.4, 0.5) is 5.69 Å². The zero-order valence-corrected chi connectivity index (χ0v) is 36.4. The molecule has 0 amide bonds. The van der Waals surface area contributed by atoms with Crippen molar-refractivity contribution in [1.29, 1.82) is 0 Å². The molecular formula is C60H61NO. The number of hydrogen-bond acceptors (Lipinski definition) is 2. The van der Waals surface area contributed by atoms with E-state index in [4.69, 9.17) is 4.74 Å². The number of nitrogens with zero attached hydrogens (tertiary/aromatic N) is 1. The first-order valence-corrected chi connectivity index (χ1v) is 24.4. The minimum atomic E-state index is 0.138. The van der Waals surface area contributed by atoms with Crippen LogP contribution >= 0.6 is 0 Å². The van der Waals surface area contributed by atoms with Crippen LogP contribution in [0.25, 0.3) is 11.3 Å². The van der Waals surface area contributed by atoms with Crippen molar-refractivity contribution in [3.8, 4) is 0 Å². The number of anilines is 1. The number of benzene rings is 2. The fourth-order valence-corrected chi connectivity index (χ4v) is 13.0. The fraction of sp³-hybridized carbons (Fsp3) is 0.367. The highest BCUT2D eigenvalue weighted by Gasteiger charge is 2.40. The van der Waals surface area contributed by atoms with Crippen molar-refractivity contribution in [2.24, 2.45) is 29.6 Å². The van der Waals surface area contributed by atoms with Crippen molar-refractivity contribution in [3.05, 3.63) is 207 Å². The molecule has 2 aromatic carbocycles. The second-order valence-corrected chi connectivity index (χ2v) is 19.6. The highest BCUT2D eigenvalue weighted by atomic mass is 16.5. The van der Waals surface area contributed by atoms with E-state index < -0.39 is 0 Å². The first-order valence-electron chi connectivity index (χ1n) is 24.4. The third-order valence-electron chi connectivity index (χ3n) is 16.2.